The summed E-state index contributed by atoms with van der Waals surface area (Å²) in [6.07, 6.45) is 6.01. The van der Waals surface area contributed by atoms with Gasteiger partial charge in [0, 0.05) is 28.7 Å². The first-order valence-corrected chi connectivity index (χ1v) is 11.2. The van der Waals surface area contributed by atoms with Crippen LogP contribution in [0.1, 0.15) is 34.1 Å². The number of rotatable bonds is 7. The van der Waals surface area contributed by atoms with Gasteiger partial charge < -0.3 is 5.32 Å². The Balaban J connectivity index is 1.44. The van der Waals surface area contributed by atoms with Gasteiger partial charge >= 0.3 is 0 Å². The van der Waals surface area contributed by atoms with Crippen LogP contribution in [0.25, 0.3) is 5.69 Å². The summed E-state index contributed by atoms with van der Waals surface area (Å²) in [6.45, 7) is 4.09. The molecule has 1 N–H and O–H groups in total. The molecule has 0 unspecified atom stereocenters. The van der Waals surface area contributed by atoms with Crippen LogP contribution < -0.4 is 5.32 Å². The maximum absolute atomic E-state index is 12.9. The Bertz CT molecular complexity index is 1150. The molecule has 1 amide bonds. The van der Waals surface area contributed by atoms with E-state index < -0.39 is 0 Å². The number of aromatic nitrogens is 3. The smallest absolute Gasteiger partial charge is 0.259 e. The second kappa shape index (κ2) is 9.62. The molecule has 4 rings (SSSR count). The van der Waals surface area contributed by atoms with Crippen molar-refractivity contribution < 1.29 is 4.79 Å². The molecule has 5 nitrogen and oxygen atoms in total. The van der Waals surface area contributed by atoms with E-state index in [0.717, 1.165) is 27.7 Å². The van der Waals surface area contributed by atoms with Crippen molar-refractivity contribution in [3.05, 3.63) is 102 Å². The SMILES string of the molecule is CCc1c(C(=O)Nc2ccc(SCc3cccnc3)cc2)cnn1-c1ccc(C)cc1. The average Bonchev–Trinajstić information content (AvgIpc) is 3.24. The van der Waals surface area contributed by atoms with Crippen LogP contribution in [-0.2, 0) is 12.2 Å². The number of aryl methyl sites for hydroxylation is 1. The summed E-state index contributed by atoms with van der Waals surface area (Å²) in [5.74, 6) is 0.711. The van der Waals surface area contributed by atoms with E-state index in [-0.39, 0.29) is 5.91 Å². The monoisotopic (exact) mass is 428 g/mol. The number of thioether (sulfide) groups is 1. The molecule has 0 aliphatic carbocycles. The van der Waals surface area contributed by atoms with Gasteiger partial charge in [0.25, 0.3) is 5.91 Å². The Labute approximate surface area is 186 Å². The Morgan fingerprint density at radius 2 is 1.81 bits per heavy atom. The predicted octanol–water partition coefficient (Wildman–Crippen LogP) is 5.68. The highest BCUT2D eigenvalue weighted by Crippen LogP contribution is 2.24. The van der Waals surface area contributed by atoms with Gasteiger partial charge in [-0.3, -0.25) is 9.78 Å². The third-order valence-electron chi connectivity index (χ3n) is 4.97. The van der Waals surface area contributed by atoms with E-state index in [0.29, 0.717) is 12.0 Å². The van der Waals surface area contributed by atoms with Crippen molar-refractivity contribution in [3.8, 4) is 5.69 Å². The molecule has 0 atom stereocenters. The van der Waals surface area contributed by atoms with Crippen molar-refractivity contribution in [3.63, 3.8) is 0 Å². The summed E-state index contributed by atoms with van der Waals surface area (Å²) >= 11 is 1.74. The van der Waals surface area contributed by atoms with E-state index in [1.165, 1.54) is 11.1 Å². The quantitative estimate of drug-likeness (QED) is 0.385. The second-order valence-electron chi connectivity index (χ2n) is 7.23. The van der Waals surface area contributed by atoms with Crippen molar-refractivity contribution >= 4 is 23.4 Å². The van der Waals surface area contributed by atoms with Crippen LogP contribution in [0.3, 0.4) is 0 Å². The molecule has 4 aromatic rings. The fourth-order valence-electron chi connectivity index (χ4n) is 3.30. The van der Waals surface area contributed by atoms with Crippen LogP contribution in [0, 0.1) is 6.92 Å². The van der Waals surface area contributed by atoms with E-state index >= 15 is 0 Å². The number of carbonyl (C=O) groups excluding carboxylic acids is 1. The topological polar surface area (TPSA) is 59.8 Å². The van der Waals surface area contributed by atoms with Gasteiger partial charge in [-0.15, -0.1) is 11.8 Å². The van der Waals surface area contributed by atoms with Gasteiger partial charge in [-0.25, -0.2) is 4.68 Å². The number of benzene rings is 2. The number of hydrogen-bond donors (Lipinski definition) is 1. The Morgan fingerprint density at radius 3 is 2.48 bits per heavy atom. The highest BCUT2D eigenvalue weighted by Gasteiger charge is 2.17. The molecule has 2 aromatic carbocycles. The maximum atomic E-state index is 12.9. The lowest BCUT2D eigenvalue weighted by Crippen LogP contribution is -2.14. The van der Waals surface area contributed by atoms with Gasteiger partial charge in [-0.05, 0) is 61.4 Å². The lowest BCUT2D eigenvalue weighted by molar-refractivity contribution is 0.102. The van der Waals surface area contributed by atoms with Crippen LogP contribution in [0.15, 0.2) is 84.1 Å². The number of nitrogens with one attached hydrogen (secondary N) is 1. The third-order valence-corrected chi connectivity index (χ3v) is 6.05. The summed E-state index contributed by atoms with van der Waals surface area (Å²) in [6, 6.07) is 20.0. The fourth-order valence-corrected chi connectivity index (χ4v) is 4.13. The molecular weight excluding hydrogens is 404 g/mol. The van der Waals surface area contributed by atoms with Crippen molar-refractivity contribution in [2.45, 2.75) is 30.9 Å². The predicted molar refractivity (Wildman–Crippen MR) is 126 cm³/mol. The standard InChI is InChI=1S/C25H24N4OS/c1-3-24-23(16-27-29(24)21-10-6-18(2)7-11-21)25(30)28-20-8-12-22(13-9-20)31-17-19-5-4-14-26-15-19/h4-16H,3,17H2,1-2H3,(H,28,30). The maximum Gasteiger partial charge on any atom is 0.259 e. The summed E-state index contributed by atoms with van der Waals surface area (Å²) < 4.78 is 1.84. The zero-order chi connectivity index (χ0) is 21.6. The summed E-state index contributed by atoms with van der Waals surface area (Å²) in [5.41, 5.74) is 5.58. The lowest BCUT2D eigenvalue weighted by atomic mass is 10.1. The van der Waals surface area contributed by atoms with Crippen LogP contribution in [0.2, 0.25) is 0 Å². The molecule has 0 saturated heterocycles. The molecule has 0 bridgehead atoms. The molecule has 156 valence electrons. The summed E-state index contributed by atoms with van der Waals surface area (Å²) in [7, 11) is 0. The molecular formula is C25H24N4OS. The van der Waals surface area contributed by atoms with Crippen LogP contribution in [-0.4, -0.2) is 20.7 Å². The molecule has 0 aliphatic heterocycles. The van der Waals surface area contributed by atoms with Crippen molar-refractivity contribution in [2.24, 2.45) is 0 Å². The number of pyridine rings is 1. The zero-order valence-corrected chi connectivity index (χ0v) is 18.4. The van der Waals surface area contributed by atoms with E-state index in [1.807, 2.05) is 72.4 Å². The highest BCUT2D eigenvalue weighted by molar-refractivity contribution is 7.98. The minimum absolute atomic E-state index is 0.147. The molecule has 31 heavy (non-hydrogen) atoms. The van der Waals surface area contributed by atoms with Crippen molar-refractivity contribution in [1.82, 2.24) is 14.8 Å². The van der Waals surface area contributed by atoms with Gasteiger partial charge in [0.2, 0.25) is 0 Å². The van der Waals surface area contributed by atoms with Crippen LogP contribution in [0.4, 0.5) is 5.69 Å². The Morgan fingerprint density at radius 1 is 1.03 bits per heavy atom. The minimum atomic E-state index is -0.147. The van der Waals surface area contributed by atoms with Gasteiger partial charge in [-0.1, -0.05) is 30.7 Å². The number of anilines is 1. The number of carbonyl (C=O) groups is 1. The summed E-state index contributed by atoms with van der Waals surface area (Å²) in [4.78, 5) is 18.2. The van der Waals surface area contributed by atoms with Crippen molar-refractivity contribution in [1.29, 1.82) is 0 Å². The minimum Gasteiger partial charge on any atom is -0.322 e. The molecule has 2 aromatic heterocycles. The van der Waals surface area contributed by atoms with Gasteiger partial charge in [0.05, 0.1) is 23.1 Å². The first-order valence-electron chi connectivity index (χ1n) is 10.2. The van der Waals surface area contributed by atoms with E-state index in [4.69, 9.17) is 0 Å². The number of nitrogens with zero attached hydrogens (tertiary/aromatic N) is 3. The fraction of sp³-hybridized carbons (Fsp3) is 0.160. The van der Waals surface area contributed by atoms with Crippen LogP contribution >= 0.6 is 11.8 Å². The number of hydrogen-bond acceptors (Lipinski definition) is 4. The number of amides is 1. The first-order chi connectivity index (χ1) is 15.1. The Hall–Kier alpha value is -3.38. The van der Waals surface area contributed by atoms with E-state index in [2.05, 4.69) is 28.4 Å². The van der Waals surface area contributed by atoms with Crippen molar-refractivity contribution in [2.75, 3.05) is 5.32 Å². The normalized spacial score (nSPS) is 10.8. The second-order valence-corrected chi connectivity index (χ2v) is 8.28. The molecule has 0 fully saturated rings. The molecule has 0 saturated carbocycles. The molecule has 0 radical (unpaired) electrons. The highest BCUT2D eigenvalue weighted by atomic mass is 32.2. The average molecular weight is 429 g/mol. The van der Waals surface area contributed by atoms with Gasteiger partial charge in [-0.2, -0.15) is 5.10 Å². The third kappa shape index (κ3) is 5.03. The largest absolute Gasteiger partial charge is 0.322 e. The summed E-state index contributed by atoms with van der Waals surface area (Å²) in [5, 5.41) is 7.46. The van der Waals surface area contributed by atoms with Crippen LogP contribution in [0.5, 0.6) is 0 Å². The molecule has 0 aliphatic rings. The molecule has 6 heteroatoms. The Kier molecular flexibility index (Phi) is 6.48. The zero-order valence-electron chi connectivity index (χ0n) is 17.6. The first kappa shape index (κ1) is 20.9. The van der Waals surface area contributed by atoms with E-state index in [9.17, 15) is 4.79 Å². The molecule has 2 heterocycles. The van der Waals surface area contributed by atoms with E-state index in [1.54, 1.807) is 24.2 Å². The lowest BCUT2D eigenvalue weighted by Gasteiger charge is -2.09. The van der Waals surface area contributed by atoms with Gasteiger partial charge in [0.15, 0.2) is 0 Å². The van der Waals surface area contributed by atoms with Gasteiger partial charge in [0.1, 0.15) is 0 Å². The molecule has 0 spiro atoms.